The minimum atomic E-state index is -0.120. The van der Waals surface area contributed by atoms with Gasteiger partial charge in [-0.15, -0.1) is 0 Å². The van der Waals surface area contributed by atoms with Gasteiger partial charge in [-0.3, -0.25) is 9.59 Å². The summed E-state index contributed by atoms with van der Waals surface area (Å²) in [5.74, 6) is -0.241. The molecule has 28 heavy (non-hydrogen) atoms. The summed E-state index contributed by atoms with van der Waals surface area (Å²) in [6.45, 7) is 0. The van der Waals surface area contributed by atoms with Crippen LogP contribution >= 0.6 is 0 Å². The Bertz CT molecular complexity index is 1100. The van der Waals surface area contributed by atoms with Crippen molar-refractivity contribution in [2.45, 2.75) is 24.9 Å². The SMILES string of the molecule is O=C(NC1CC(NC(=O)c2cccn3nccc23)C1)c1cccn2nccc12. The molecule has 4 heterocycles. The van der Waals surface area contributed by atoms with Gasteiger partial charge in [0.15, 0.2) is 0 Å². The molecule has 140 valence electrons. The second kappa shape index (κ2) is 6.49. The number of carbonyl (C=O) groups excluding carboxylic acids is 2. The molecule has 2 N–H and O–H groups in total. The van der Waals surface area contributed by atoms with Crippen molar-refractivity contribution in [1.82, 2.24) is 29.9 Å². The van der Waals surface area contributed by atoms with E-state index in [1.54, 1.807) is 45.7 Å². The molecule has 2 amide bonds. The Hall–Kier alpha value is -3.68. The lowest BCUT2D eigenvalue weighted by atomic mass is 9.86. The van der Waals surface area contributed by atoms with Crippen molar-refractivity contribution in [3.8, 4) is 0 Å². The first-order valence-electron chi connectivity index (χ1n) is 9.15. The number of aromatic nitrogens is 4. The van der Waals surface area contributed by atoms with Crippen LogP contribution in [0.5, 0.6) is 0 Å². The minimum Gasteiger partial charge on any atom is -0.349 e. The lowest BCUT2D eigenvalue weighted by Gasteiger charge is -2.36. The number of carbonyl (C=O) groups is 2. The molecule has 0 spiro atoms. The Balaban J connectivity index is 1.20. The molecule has 5 rings (SSSR count). The van der Waals surface area contributed by atoms with E-state index in [4.69, 9.17) is 0 Å². The van der Waals surface area contributed by atoms with Crippen molar-refractivity contribution in [3.05, 3.63) is 72.3 Å². The number of rotatable bonds is 4. The second-order valence-electron chi connectivity index (χ2n) is 6.98. The molecule has 0 radical (unpaired) electrons. The summed E-state index contributed by atoms with van der Waals surface area (Å²) in [6.07, 6.45) is 8.37. The van der Waals surface area contributed by atoms with Crippen LogP contribution in [0.4, 0.5) is 0 Å². The summed E-state index contributed by atoms with van der Waals surface area (Å²) < 4.78 is 3.35. The van der Waals surface area contributed by atoms with Crippen LogP contribution in [0, 0.1) is 0 Å². The summed E-state index contributed by atoms with van der Waals surface area (Å²) in [4.78, 5) is 25.2. The topological polar surface area (TPSA) is 92.8 Å². The minimum absolute atomic E-state index is 0.0479. The zero-order chi connectivity index (χ0) is 19.1. The van der Waals surface area contributed by atoms with Gasteiger partial charge in [0.25, 0.3) is 11.8 Å². The van der Waals surface area contributed by atoms with Crippen molar-refractivity contribution in [3.63, 3.8) is 0 Å². The third-order valence-electron chi connectivity index (χ3n) is 5.17. The fourth-order valence-electron chi connectivity index (χ4n) is 3.67. The molecule has 1 fully saturated rings. The maximum absolute atomic E-state index is 12.6. The van der Waals surface area contributed by atoms with Crippen LogP contribution in [-0.4, -0.2) is 43.1 Å². The molecule has 4 aromatic rings. The zero-order valence-corrected chi connectivity index (χ0v) is 14.9. The number of amides is 2. The molecule has 0 unspecified atom stereocenters. The van der Waals surface area contributed by atoms with Gasteiger partial charge in [0, 0.05) is 24.5 Å². The summed E-state index contributed by atoms with van der Waals surface area (Å²) in [5.41, 5.74) is 2.75. The molecule has 8 heteroatoms. The third kappa shape index (κ3) is 2.79. The van der Waals surface area contributed by atoms with Crippen molar-refractivity contribution in [1.29, 1.82) is 0 Å². The lowest BCUT2D eigenvalue weighted by Crippen LogP contribution is -2.53. The van der Waals surface area contributed by atoms with Crippen LogP contribution in [0.2, 0.25) is 0 Å². The molecule has 0 bridgehead atoms. The number of nitrogens with one attached hydrogen (secondary N) is 2. The molecule has 8 nitrogen and oxygen atoms in total. The lowest BCUT2D eigenvalue weighted by molar-refractivity contribution is 0.0864. The van der Waals surface area contributed by atoms with Crippen LogP contribution in [0.1, 0.15) is 33.6 Å². The van der Waals surface area contributed by atoms with Crippen LogP contribution in [0.3, 0.4) is 0 Å². The van der Waals surface area contributed by atoms with E-state index in [9.17, 15) is 9.59 Å². The predicted octanol–water partition coefficient (Wildman–Crippen LogP) is 1.67. The Labute approximate surface area is 160 Å². The molecule has 0 aromatic carbocycles. The first-order valence-corrected chi connectivity index (χ1v) is 9.15. The molecule has 0 atom stereocenters. The average molecular weight is 374 g/mol. The highest BCUT2D eigenvalue weighted by Gasteiger charge is 2.32. The van der Waals surface area contributed by atoms with Gasteiger partial charge < -0.3 is 10.6 Å². The second-order valence-corrected chi connectivity index (χ2v) is 6.98. The fourth-order valence-corrected chi connectivity index (χ4v) is 3.67. The normalized spacial score (nSPS) is 18.7. The van der Waals surface area contributed by atoms with E-state index in [0.717, 1.165) is 11.0 Å². The molecular formula is C20H18N6O2. The quantitative estimate of drug-likeness (QED) is 0.568. The Morgan fingerprint density at radius 2 is 1.25 bits per heavy atom. The van der Waals surface area contributed by atoms with Gasteiger partial charge in [-0.1, -0.05) is 0 Å². The molecule has 0 saturated heterocycles. The van der Waals surface area contributed by atoms with Gasteiger partial charge >= 0.3 is 0 Å². The highest BCUT2D eigenvalue weighted by molar-refractivity contribution is 6.01. The van der Waals surface area contributed by atoms with E-state index in [2.05, 4.69) is 20.8 Å². The first kappa shape index (κ1) is 16.5. The third-order valence-corrected chi connectivity index (χ3v) is 5.17. The molecule has 0 aliphatic heterocycles. The van der Waals surface area contributed by atoms with Crippen molar-refractivity contribution >= 4 is 22.8 Å². The molecule has 1 aliphatic carbocycles. The van der Waals surface area contributed by atoms with Gasteiger partial charge in [-0.25, -0.2) is 9.03 Å². The van der Waals surface area contributed by atoms with Gasteiger partial charge in [0.2, 0.25) is 0 Å². The van der Waals surface area contributed by atoms with E-state index in [-0.39, 0.29) is 23.9 Å². The van der Waals surface area contributed by atoms with E-state index in [1.165, 1.54) is 0 Å². The first-order chi connectivity index (χ1) is 13.7. The van der Waals surface area contributed by atoms with E-state index < -0.39 is 0 Å². The van der Waals surface area contributed by atoms with Crippen LogP contribution in [0.25, 0.3) is 11.0 Å². The number of hydrogen-bond donors (Lipinski definition) is 2. The van der Waals surface area contributed by atoms with Gasteiger partial charge in [0.1, 0.15) is 0 Å². The maximum atomic E-state index is 12.6. The number of hydrogen-bond acceptors (Lipinski definition) is 4. The van der Waals surface area contributed by atoms with E-state index >= 15 is 0 Å². The zero-order valence-electron chi connectivity index (χ0n) is 14.9. The number of fused-ring (bicyclic) bond motifs is 2. The van der Waals surface area contributed by atoms with Crippen molar-refractivity contribution < 1.29 is 9.59 Å². The van der Waals surface area contributed by atoms with Crippen LogP contribution in [0.15, 0.2) is 61.2 Å². The largest absolute Gasteiger partial charge is 0.349 e. The van der Waals surface area contributed by atoms with Gasteiger partial charge in [-0.05, 0) is 49.2 Å². The fraction of sp³-hybridized carbons (Fsp3) is 0.200. The molecule has 1 saturated carbocycles. The predicted molar refractivity (Wildman–Crippen MR) is 102 cm³/mol. The summed E-state index contributed by atoms with van der Waals surface area (Å²) in [6, 6.07) is 10.9. The Morgan fingerprint density at radius 3 is 1.71 bits per heavy atom. The van der Waals surface area contributed by atoms with Crippen molar-refractivity contribution in [2.24, 2.45) is 0 Å². The Kier molecular flexibility index (Phi) is 3.82. The van der Waals surface area contributed by atoms with Crippen molar-refractivity contribution in [2.75, 3.05) is 0 Å². The smallest absolute Gasteiger partial charge is 0.253 e. The monoisotopic (exact) mass is 374 g/mol. The van der Waals surface area contributed by atoms with E-state index in [1.807, 2.05) is 24.5 Å². The Morgan fingerprint density at radius 1 is 0.786 bits per heavy atom. The maximum Gasteiger partial charge on any atom is 0.253 e. The molecule has 4 aromatic heterocycles. The van der Waals surface area contributed by atoms with Gasteiger partial charge in [0.05, 0.1) is 34.6 Å². The van der Waals surface area contributed by atoms with E-state index in [0.29, 0.717) is 24.0 Å². The molecule has 1 aliphatic rings. The summed E-state index contributed by atoms with van der Waals surface area (Å²) in [5, 5.41) is 14.4. The average Bonchev–Trinajstić information content (AvgIpc) is 3.34. The van der Waals surface area contributed by atoms with Gasteiger partial charge in [-0.2, -0.15) is 10.2 Å². The van der Waals surface area contributed by atoms with Crippen LogP contribution in [-0.2, 0) is 0 Å². The standard InChI is InChI=1S/C20H18N6O2/c27-19(15-3-1-9-25-17(15)5-7-21-25)23-13-11-14(12-13)24-20(28)16-4-2-10-26-18(16)6-8-22-26/h1-10,13-14H,11-12H2,(H,23,27)(H,24,28). The van der Waals surface area contributed by atoms with Crippen LogP contribution < -0.4 is 10.6 Å². The highest BCUT2D eigenvalue weighted by atomic mass is 16.2. The summed E-state index contributed by atoms with van der Waals surface area (Å²) in [7, 11) is 0. The number of pyridine rings is 2. The summed E-state index contributed by atoms with van der Waals surface area (Å²) >= 11 is 0. The highest BCUT2D eigenvalue weighted by Crippen LogP contribution is 2.22. The molecular weight excluding hydrogens is 356 g/mol. The number of nitrogens with zero attached hydrogens (tertiary/aromatic N) is 4.